The van der Waals surface area contributed by atoms with Gasteiger partial charge in [-0.25, -0.2) is 0 Å². The van der Waals surface area contributed by atoms with Crippen LogP contribution in [0.15, 0.2) is 0 Å². The van der Waals surface area contributed by atoms with Crippen LogP contribution in [0.3, 0.4) is 0 Å². The van der Waals surface area contributed by atoms with Crippen molar-refractivity contribution in [3.8, 4) is 0 Å². The minimum absolute atomic E-state index is 0. The van der Waals surface area contributed by atoms with Gasteiger partial charge in [0.05, 0.1) is 0 Å². The zero-order valence-electron chi connectivity index (χ0n) is 3.49. The molecule has 0 spiro atoms. The van der Waals surface area contributed by atoms with Gasteiger partial charge in [-0.05, 0) is 6.54 Å². The third-order valence-corrected chi connectivity index (χ3v) is 0.144. The van der Waals surface area contributed by atoms with Gasteiger partial charge in [0.25, 0.3) is 0 Å². The summed E-state index contributed by atoms with van der Waals surface area (Å²) >= 11 is 0. The zero-order chi connectivity index (χ0) is 3.41. The van der Waals surface area contributed by atoms with Crippen molar-refractivity contribution in [3.05, 3.63) is 5.73 Å². The van der Waals surface area contributed by atoms with Gasteiger partial charge in [0.2, 0.25) is 0 Å². The summed E-state index contributed by atoms with van der Waals surface area (Å²) in [5.74, 6) is 0. The first-order valence-corrected chi connectivity index (χ1v) is 1.26. The Labute approximate surface area is 81.1 Å². The largest absolute Gasteiger partial charge is 1.00 e. The fourth-order valence-electron chi connectivity index (χ4n) is 0. The maximum absolute atomic E-state index is 6.33. The van der Waals surface area contributed by atoms with Gasteiger partial charge in [0.15, 0.2) is 0 Å². The molecule has 0 amide bonds. The van der Waals surface area contributed by atoms with Crippen LogP contribution in [-0.2, 0) is 0 Å². The van der Waals surface area contributed by atoms with Crippen molar-refractivity contribution in [1.29, 1.82) is 0 Å². The fraction of sp³-hybridized carbons (Fsp3) is 1.00. The van der Waals surface area contributed by atoms with Crippen LogP contribution >= 0.6 is 0 Å². The Morgan fingerprint density at radius 1 is 1.60 bits per heavy atom. The van der Waals surface area contributed by atoms with Gasteiger partial charge in [-0.2, -0.15) is 0 Å². The predicted molar refractivity (Wildman–Crippen MR) is 18.2 cm³/mol. The van der Waals surface area contributed by atoms with Gasteiger partial charge >= 0.3 is 58.2 Å². The first-order chi connectivity index (χ1) is 1.91. The van der Waals surface area contributed by atoms with Gasteiger partial charge in [-0.15, -0.1) is 6.54 Å². The summed E-state index contributed by atoms with van der Waals surface area (Å²) in [6.45, 7) is 0.833. The van der Waals surface area contributed by atoms with E-state index in [-0.39, 0.29) is 58.2 Å². The predicted octanol–water partition coefficient (Wildman–Crippen LogP) is -3.00. The molecule has 0 aromatic carbocycles. The summed E-state index contributed by atoms with van der Waals surface area (Å²) in [7, 11) is 0. The molecule has 0 aliphatic rings. The fourth-order valence-corrected chi connectivity index (χ4v) is 0. The molecule has 0 aliphatic carbocycles. The van der Waals surface area contributed by atoms with E-state index in [4.69, 9.17) is 11.5 Å². The van der Waals surface area contributed by atoms with Crippen LogP contribution in [-0.4, -0.2) is 13.1 Å². The summed E-state index contributed by atoms with van der Waals surface area (Å²) in [5.41, 5.74) is 11.2. The second-order valence-electron chi connectivity index (χ2n) is 0.539. The Morgan fingerprint density at radius 3 is 1.80 bits per heavy atom. The molecule has 0 saturated heterocycles. The van der Waals surface area contributed by atoms with Crippen molar-refractivity contribution < 1.29 is 58.2 Å². The zero-order valence-corrected chi connectivity index (χ0v) is 8.41. The maximum Gasteiger partial charge on any atom is 1.00 e. The molecule has 5 heavy (non-hydrogen) atoms. The minimum Gasteiger partial charge on any atom is -0.676 e. The van der Waals surface area contributed by atoms with Crippen LogP contribution in [0.5, 0.6) is 0 Å². The number of hydrogen-bond acceptors (Lipinski definition) is 1. The molecule has 0 aromatic rings. The van der Waals surface area contributed by atoms with Crippen molar-refractivity contribution in [1.82, 2.24) is 0 Å². The summed E-state index contributed by atoms with van der Waals surface area (Å²) in [5, 5.41) is 0. The molecule has 3 heteroatoms. The first kappa shape index (κ1) is 9.87. The maximum atomic E-state index is 6.33. The van der Waals surface area contributed by atoms with Crippen molar-refractivity contribution in [2.75, 3.05) is 13.1 Å². The molecule has 0 aromatic heterocycles. The molecule has 0 aliphatic heterocycles. The SMILES string of the molecule is [NH-]CCN.[Rb+]. The number of hydrogen-bond donors (Lipinski definition) is 1. The molecule has 0 rings (SSSR count). The van der Waals surface area contributed by atoms with Crippen LogP contribution in [0.4, 0.5) is 0 Å². The second-order valence-corrected chi connectivity index (χ2v) is 0.539. The van der Waals surface area contributed by atoms with Gasteiger partial charge in [-0.1, -0.05) is 0 Å². The molecule has 0 atom stereocenters. The molecular weight excluding hydrogens is 138 g/mol. The van der Waals surface area contributed by atoms with Crippen LogP contribution in [0.1, 0.15) is 0 Å². The van der Waals surface area contributed by atoms with E-state index in [0.717, 1.165) is 0 Å². The van der Waals surface area contributed by atoms with E-state index in [1.165, 1.54) is 0 Å². The Balaban J connectivity index is 0. The van der Waals surface area contributed by atoms with E-state index < -0.39 is 0 Å². The average Bonchev–Trinajstić information content (AvgIpc) is 1.37. The molecule has 0 radical (unpaired) electrons. The summed E-state index contributed by atoms with van der Waals surface area (Å²) < 4.78 is 0. The Hall–Kier alpha value is 1.73. The van der Waals surface area contributed by atoms with Crippen LogP contribution in [0.25, 0.3) is 5.73 Å². The molecule has 2 nitrogen and oxygen atoms in total. The van der Waals surface area contributed by atoms with Gasteiger partial charge in [0.1, 0.15) is 0 Å². The third-order valence-electron chi connectivity index (χ3n) is 0.144. The van der Waals surface area contributed by atoms with E-state index in [2.05, 4.69) is 0 Å². The van der Waals surface area contributed by atoms with Crippen molar-refractivity contribution in [3.63, 3.8) is 0 Å². The Morgan fingerprint density at radius 2 is 1.80 bits per heavy atom. The van der Waals surface area contributed by atoms with E-state index in [1.54, 1.807) is 0 Å². The Bertz CT molecular complexity index is 9.61. The molecule has 0 heterocycles. The van der Waals surface area contributed by atoms with E-state index >= 15 is 0 Å². The van der Waals surface area contributed by atoms with E-state index in [9.17, 15) is 0 Å². The smallest absolute Gasteiger partial charge is 0.676 e. The average molecular weight is 145 g/mol. The van der Waals surface area contributed by atoms with Gasteiger partial charge < -0.3 is 11.5 Å². The first-order valence-electron chi connectivity index (χ1n) is 1.26. The van der Waals surface area contributed by atoms with Crippen molar-refractivity contribution >= 4 is 0 Å². The number of rotatable bonds is 1. The standard InChI is InChI=1S/C2H7N2.Rb/c3-1-2-4;/h3H,1-2,4H2;/q-1;+1. The summed E-state index contributed by atoms with van der Waals surface area (Å²) in [4.78, 5) is 0. The minimum atomic E-state index is 0. The molecule has 0 saturated carbocycles. The summed E-state index contributed by atoms with van der Waals surface area (Å²) in [6.07, 6.45) is 0. The second kappa shape index (κ2) is 9.21. The topological polar surface area (TPSA) is 49.8 Å². The molecule has 3 N–H and O–H groups in total. The normalized spacial score (nSPS) is 6.00. The van der Waals surface area contributed by atoms with Gasteiger partial charge in [-0.3, -0.25) is 0 Å². The quantitative estimate of drug-likeness (QED) is 0.419. The van der Waals surface area contributed by atoms with Crippen LogP contribution < -0.4 is 63.9 Å². The van der Waals surface area contributed by atoms with Gasteiger partial charge in [0, 0.05) is 0 Å². The molecule has 0 fully saturated rings. The van der Waals surface area contributed by atoms with Crippen molar-refractivity contribution in [2.24, 2.45) is 5.73 Å². The molecule has 0 unspecified atom stereocenters. The number of nitrogens with one attached hydrogen (secondary N) is 1. The van der Waals surface area contributed by atoms with Crippen LogP contribution in [0.2, 0.25) is 0 Å². The van der Waals surface area contributed by atoms with E-state index in [0.29, 0.717) is 13.1 Å². The number of nitrogens with two attached hydrogens (primary N) is 1. The molecular formula is C2H7N2Rb. The molecule has 0 bridgehead atoms. The van der Waals surface area contributed by atoms with E-state index in [1.807, 2.05) is 0 Å². The third kappa shape index (κ3) is 10.7. The Kier molecular flexibility index (Phi) is 18.2. The van der Waals surface area contributed by atoms with Crippen LogP contribution in [0, 0.1) is 0 Å². The summed E-state index contributed by atoms with van der Waals surface area (Å²) in [6, 6.07) is 0. The van der Waals surface area contributed by atoms with Crippen molar-refractivity contribution in [2.45, 2.75) is 0 Å². The monoisotopic (exact) mass is 144 g/mol. The molecule has 26 valence electrons.